The fraction of sp³-hybridized carbons (Fsp3) is 0.143. The van der Waals surface area contributed by atoms with E-state index in [0.717, 1.165) is 33.9 Å². The van der Waals surface area contributed by atoms with Crippen molar-refractivity contribution >= 4 is 46.0 Å². The Labute approximate surface area is 180 Å². The van der Waals surface area contributed by atoms with Gasteiger partial charge in [-0.1, -0.05) is 41.6 Å². The number of aryl methyl sites for hydroxylation is 1. The molecule has 0 saturated heterocycles. The molecule has 4 rings (SSSR count). The van der Waals surface area contributed by atoms with Crippen LogP contribution in [0.5, 0.6) is 0 Å². The Morgan fingerprint density at radius 3 is 2.70 bits per heavy atom. The second-order valence-corrected chi connectivity index (χ2v) is 7.79. The SMILES string of the molecule is Cc1[nH]c2ccccc2c1C(=O)COC(=O)CSc1nnc(-c2ccc(Cl)cc2)o1. The number of rotatable bonds is 7. The monoisotopic (exact) mass is 441 g/mol. The standard InChI is InChI=1S/C21H16ClN3O4S/c1-12-19(15-4-2-3-5-16(15)23-12)17(26)10-28-18(27)11-30-21-25-24-20(29-21)13-6-8-14(22)9-7-13/h2-9,23H,10-11H2,1H3. The number of nitrogens with one attached hydrogen (secondary N) is 1. The molecule has 9 heteroatoms. The maximum absolute atomic E-state index is 12.5. The zero-order valence-electron chi connectivity index (χ0n) is 15.8. The molecule has 2 aromatic carbocycles. The lowest BCUT2D eigenvalue weighted by atomic mass is 10.1. The van der Waals surface area contributed by atoms with Crippen LogP contribution in [0.3, 0.4) is 0 Å². The van der Waals surface area contributed by atoms with Gasteiger partial charge in [-0.3, -0.25) is 9.59 Å². The Balaban J connectivity index is 1.31. The van der Waals surface area contributed by atoms with E-state index in [1.165, 1.54) is 0 Å². The van der Waals surface area contributed by atoms with Crippen LogP contribution in [0.15, 0.2) is 58.2 Å². The topological polar surface area (TPSA) is 98.1 Å². The quantitative estimate of drug-likeness (QED) is 0.252. The molecule has 0 saturated carbocycles. The predicted octanol–water partition coefficient (Wildman–Crippen LogP) is 4.70. The number of benzene rings is 2. The molecular formula is C21H16ClN3O4S. The summed E-state index contributed by atoms with van der Waals surface area (Å²) in [6, 6.07) is 14.5. The van der Waals surface area contributed by atoms with Crippen LogP contribution in [0.4, 0.5) is 0 Å². The van der Waals surface area contributed by atoms with Crippen molar-refractivity contribution in [3.8, 4) is 11.5 Å². The third-order valence-electron chi connectivity index (χ3n) is 4.35. The number of ether oxygens (including phenoxy) is 1. The number of H-pyrrole nitrogens is 1. The van der Waals surface area contributed by atoms with E-state index >= 15 is 0 Å². The van der Waals surface area contributed by atoms with E-state index in [-0.39, 0.29) is 23.4 Å². The van der Waals surface area contributed by atoms with Gasteiger partial charge in [0.25, 0.3) is 5.22 Å². The van der Waals surface area contributed by atoms with Crippen LogP contribution in [0, 0.1) is 6.92 Å². The van der Waals surface area contributed by atoms with Gasteiger partial charge in [-0.2, -0.15) is 0 Å². The van der Waals surface area contributed by atoms with E-state index in [1.54, 1.807) is 24.3 Å². The smallest absolute Gasteiger partial charge is 0.316 e. The molecular weight excluding hydrogens is 426 g/mol. The van der Waals surface area contributed by atoms with Gasteiger partial charge in [0.15, 0.2) is 6.61 Å². The Hall–Kier alpha value is -3.10. The number of fused-ring (bicyclic) bond motifs is 1. The van der Waals surface area contributed by atoms with Crippen LogP contribution in [0.25, 0.3) is 22.4 Å². The highest BCUT2D eigenvalue weighted by Crippen LogP contribution is 2.25. The molecule has 2 aromatic heterocycles. The van der Waals surface area contributed by atoms with Crippen LogP contribution >= 0.6 is 23.4 Å². The molecule has 2 heterocycles. The van der Waals surface area contributed by atoms with Crippen molar-refractivity contribution in [1.82, 2.24) is 15.2 Å². The van der Waals surface area contributed by atoms with Gasteiger partial charge in [-0.15, -0.1) is 10.2 Å². The first-order valence-corrected chi connectivity index (χ1v) is 10.4. The van der Waals surface area contributed by atoms with E-state index < -0.39 is 5.97 Å². The molecule has 152 valence electrons. The van der Waals surface area contributed by atoms with Crippen molar-refractivity contribution in [3.63, 3.8) is 0 Å². The summed E-state index contributed by atoms with van der Waals surface area (Å²) < 4.78 is 10.7. The van der Waals surface area contributed by atoms with Crippen molar-refractivity contribution in [3.05, 3.63) is 64.8 Å². The van der Waals surface area contributed by atoms with Crippen molar-refractivity contribution in [2.24, 2.45) is 0 Å². The fourth-order valence-corrected chi connectivity index (χ4v) is 3.68. The average Bonchev–Trinajstić information content (AvgIpc) is 3.34. The highest BCUT2D eigenvalue weighted by molar-refractivity contribution is 7.99. The third-order valence-corrected chi connectivity index (χ3v) is 5.39. The molecule has 7 nitrogen and oxygen atoms in total. The number of hydrogen-bond acceptors (Lipinski definition) is 7. The van der Waals surface area contributed by atoms with Gasteiger partial charge < -0.3 is 14.1 Å². The second-order valence-electron chi connectivity index (χ2n) is 6.42. The number of aromatic amines is 1. The van der Waals surface area contributed by atoms with Gasteiger partial charge in [0.2, 0.25) is 11.7 Å². The van der Waals surface area contributed by atoms with Crippen LogP contribution < -0.4 is 0 Å². The minimum atomic E-state index is -0.544. The van der Waals surface area contributed by atoms with E-state index in [1.807, 2.05) is 31.2 Å². The van der Waals surface area contributed by atoms with Crippen LogP contribution in [0.1, 0.15) is 16.1 Å². The number of nitrogens with zero attached hydrogens (tertiary/aromatic N) is 2. The van der Waals surface area contributed by atoms with Crippen molar-refractivity contribution in [2.75, 3.05) is 12.4 Å². The molecule has 1 N–H and O–H groups in total. The number of carbonyl (C=O) groups is 2. The van der Waals surface area contributed by atoms with Gasteiger partial charge in [-0.25, -0.2) is 0 Å². The predicted molar refractivity (Wildman–Crippen MR) is 114 cm³/mol. The summed E-state index contributed by atoms with van der Waals surface area (Å²) >= 11 is 6.91. The molecule has 4 aromatic rings. The summed E-state index contributed by atoms with van der Waals surface area (Å²) in [5, 5.41) is 9.50. The zero-order valence-corrected chi connectivity index (χ0v) is 17.4. The fourth-order valence-electron chi connectivity index (χ4n) is 2.99. The number of ketones is 1. The number of thioether (sulfide) groups is 1. The third kappa shape index (κ3) is 4.39. The van der Waals surface area contributed by atoms with Gasteiger partial charge in [0, 0.05) is 32.7 Å². The van der Waals surface area contributed by atoms with E-state index in [4.69, 9.17) is 20.8 Å². The summed E-state index contributed by atoms with van der Waals surface area (Å²) in [5.74, 6) is -0.529. The van der Waals surface area contributed by atoms with E-state index in [0.29, 0.717) is 16.5 Å². The van der Waals surface area contributed by atoms with Gasteiger partial charge in [0.05, 0.1) is 0 Å². The molecule has 0 bridgehead atoms. The lowest BCUT2D eigenvalue weighted by Gasteiger charge is -2.04. The molecule has 0 atom stereocenters. The molecule has 0 aliphatic rings. The maximum Gasteiger partial charge on any atom is 0.316 e. The highest BCUT2D eigenvalue weighted by atomic mass is 35.5. The second kappa shape index (κ2) is 8.73. The number of hydrogen-bond donors (Lipinski definition) is 1. The van der Waals surface area contributed by atoms with Crippen LogP contribution in [0.2, 0.25) is 5.02 Å². The molecule has 0 amide bonds. The molecule has 0 aliphatic heterocycles. The van der Waals surface area contributed by atoms with Gasteiger partial charge >= 0.3 is 5.97 Å². The van der Waals surface area contributed by atoms with Gasteiger partial charge in [0.1, 0.15) is 5.75 Å². The summed E-state index contributed by atoms with van der Waals surface area (Å²) in [6.45, 7) is 1.49. The number of para-hydroxylation sites is 1. The first-order chi connectivity index (χ1) is 14.5. The first kappa shape index (κ1) is 20.2. The highest BCUT2D eigenvalue weighted by Gasteiger charge is 2.18. The van der Waals surface area contributed by atoms with Crippen LogP contribution in [-0.2, 0) is 9.53 Å². The number of esters is 1. The zero-order chi connectivity index (χ0) is 21.1. The summed E-state index contributed by atoms with van der Waals surface area (Å²) in [5.41, 5.74) is 2.87. The Kier molecular flexibility index (Phi) is 5.87. The van der Waals surface area contributed by atoms with Crippen LogP contribution in [-0.4, -0.2) is 39.3 Å². The number of Topliss-reactive ketones (excluding diaryl/α,β-unsaturated/α-hetero) is 1. The lowest BCUT2D eigenvalue weighted by Crippen LogP contribution is -2.16. The van der Waals surface area contributed by atoms with E-state index in [2.05, 4.69) is 15.2 Å². The largest absolute Gasteiger partial charge is 0.457 e. The molecule has 0 fully saturated rings. The number of aromatic nitrogens is 3. The normalized spacial score (nSPS) is 11.0. The first-order valence-electron chi connectivity index (χ1n) is 8.99. The molecule has 0 aliphatic carbocycles. The maximum atomic E-state index is 12.5. The average molecular weight is 442 g/mol. The minimum absolute atomic E-state index is 0.0532. The minimum Gasteiger partial charge on any atom is -0.457 e. The summed E-state index contributed by atoms with van der Waals surface area (Å²) in [4.78, 5) is 27.8. The van der Waals surface area contributed by atoms with Crippen molar-refractivity contribution in [1.29, 1.82) is 0 Å². The molecule has 0 radical (unpaired) electrons. The number of halogens is 1. The Bertz CT molecular complexity index is 1220. The Morgan fingerprint density at radius 2 is 1.90 bits per heavy atom. The molecule has 0 unspecified atom stereocenters. The summed E-state index contributed by atoms with van der Waals surface area (Å²) in [7, 11) is 0. The van der Waals surface area contributed by atoms with Crippen molar-refractivity contribution < 1.29 is 18.7 Å². The number of carbonyl (C=O) groups excluding carboxylic acids is 2. The molecule has 0 spiro atoms. The lowest BCUT2D eigenvalue weighted by molar-refractivity contribution is -0.139. The Morgan fingerprint density at radius 1 is 1.13 bits per heavy atom. The van der Waals surface area contributed by atoms with Gasteiger partial charge in [-0.05, 0) is 37.3 Å². The summed E-state index contributed by atoms with van der Waals surface area (Å²) in [6.07, 6.45) is 0. The van der Waals surface area contributed by atoms with E-state index in [9.17, 15) is 9.59 Å². The molecule has 30 heavy (non-hydrogen) atoms. The van der Waals surface area contributed by atoms with Crippen molar-refractivity contribution in [2.45, 2.75) is 12.1 Å².